The van der Waals surface area contributed by atoms with Crippen LogP contribution in [-0.4, -0.2) is 28.8 Å². The number of fused-ring (bicyclic) bond motifs is 6. The van der Waals surface area contributed by atoms with E-state index >= 15 is 0 Å². The molecule has 0 saturated carbocycles. The molecule has 3 saturated heterocycles. The summed E-state index contributed by atoms with van der Waals surface area (Å²) >= 11 is 0. The molecule has 0 aliphatic carbocycles. The van der Waals surface area contributed by atoms with Gasteiger partial charge in [0.2, 0.25) is 0 Å². The summed E-state index contributed by atoms with van der Waals surface area (Å²) in [5, 5.41) is 19.3. The summed E-state index contributed by atoms with van der Waals surface area (Å²) in [6.45, 7) is 3.02. The van der Waals surface area contributed by atoms with Crippen molar-refractivity contribution in [2.45, 2.75) is 75.9 Å². The van der Waals surface area contributed by atoms with E-state index in [0.717, 1.165) is 32.5 Å². The molecule has 3 unspecified atom stereocenters. The van der Waals surface area contributed by atoms with Gasteiger partial charge in [0.25, 0.3) is 0 Å². The molecular weight excluding hydrogens is 1090 g/mol. The van der Waals surface area contributed by atoms with Gasteiger partial charge in [0.15, 0.2) is 0 Å². The van der Waals surface area contributed by atoms with Gasteiger partial charge in [-0.1, -0.05) is 166 Å². The fraction of sp³-hybridized carbons (Fsp3) is 0.217. The maximum absolute atomic E-state index is 4.76. The number of benzene rings is 9. The molecule has 377 valence electrons. The molecule has 3 fully saturated rings. The van der Waals surface area contributed by atoms with E-state index in [1.54, 1.807) is 0 Å². The molecule has 3 aliphatic rings. The van der Waals surface area contributed by atoms with Crippen LogP contribution in [0.15, 0.2) is 206 Å². The monoisotopic (exact) mass is 1150 g/mol. The first kappa shape index (κ1) is 50.3. The molecule has 1 radical (unpaired) electrons. The van der Waals surface area contributed by atoms with Gasteiger partial charge in [-0.05, 0) is 48.5 Å². The Hall–Kier alpha value is -6.89. The number of aromatic nitrogens is 2. The molecule has 0 amide bonds. The third-order valence-electron chi connectivity index (χ3n) is 15.3. The van der Waals surface area contributed by atoms with Crippen molar-refractivity contribution in [3.8, 4) is 33.6 Å². The van der Waals surface area contributed by atoms with E-state index in [1.165, 1.54) is 139 Å². The number of nitrogens with zero attached hydrogens (tertiary/aromatic N) is 5. The van der Waals surface area contributed by atoms with E-state index in [2.05, 4.69) is 227 Å². The van der Waals surface area contributed by atoms with Crippen LogP contribution in [0.5, 0.6) is 0 Å². The Labute approximate surface area is 456 Å². The van der Waals surface area contributed by atoms with Crippen LogP contribution in [0.25, 0.3) is 93.2 Å². The zero-order valence-electron chi connectivity index (χ0n) is 42.4. The van der Waals surface area contributed by atoms with Gasteiger partial charge in [0.05, 0.1) is 22.1 Å². The Bertz CT molecular complexity index is 3260. The van der Waals surface area contributed by atoms with Gasteiger partial charge >= 0.3 is 0 Å². The Morgan fingerprint density at radius 2 is 0.653 bits per heavy atom. The van der Waals surface area contributed by atoms with Crippen LogP contribution >= 0.6 is 0 Å². The normalized spacial score (nSPS) is 17.6. The molecule has 5 heterocycles. The summed E-state index contributed by atoms with van der Waals surface area (Å²) in [5.74, 6) is 0. The summed E-state index contributed by atoms with van der Waals surface area (Å²) < 4.78 is 4.71. The van der Waals surface area contributed by atoms with Crippen LogP contribution in [0.2, 0.25) is 0 Å². The van der Waals surface area contributed by atoms with Crippen LogP contribution in [0.4, 0.5) is 0 Å². The molecule has 0 N–H and O–H groups in total. The molecular formula is C69H61IrN5-6. The molecule has 9 aromatic carbocycles. The maximum Gasteiger partial charge on any atom is 0.0541 e. The Balaban J connectivity index is 0.000000131. The average Bonchev–Trinajstić information content (AvgIpc) is 4.03. The molecule has 3 atom stereocenters. The molecule has 0 bridgehead atoms. The molecule has 2 aromatic heterocycles. The predicted octanol–water partition coefficient (Wildman–Crippen LogP) is 18.8. The number of rotatable bonds is 7. The average molecular weight is 1150 g/mol. The molecule has 5 nitrogen and oxygen atoms in total. The van der Waals surface area contributed by atoms with E-state index in [-0.39, 0.29) is 20.1 Å². The molecule has 75 heavy (non-hydrogen) atoms. The SMILES string of the molecule is [Ir].[c-]1cc(-c2ccc(-n3c4ccccc4c4ccccc43)cc2)ccc1C1CCCC[N-]1.[c-]1cc(-c2ccc(-n3c4ccccc4c4ccccc43)cc2)ccc1C1CCCC[N-]1.[c-]1ccccc1C1CCCC[N-]1. The van der Waals surface area contributed by atoms with Gasteiger partial charge in [-0.15, -0.1) is 48.9 Å². The molecule has 0 spiro atoms. The first-order valence-corrected chi connectivity index (χ1v) is 26.9. The van der Waals surface area contributed by atoms with Gasteiger partial charge in [-0.25, -0.2) is 0 Å². The fourth-order valence-corrected chi connectivity index (χ4v) is 11.4. The van der Waals surface area contributed by atoms with Crippen molar-refractivity contribution in [1.82, 2.24) is 9.13 Å². The summed E-state index contributed by atoms with van der Waals surface area (Å²) in [4.78, 5) is 0. The van der Waals surface area contributed by atoms with Gasteiger partial charge in [0, 0.05) is 53.0 Å². The molecule has 14 rings (SSSR count). The number of hydrogen-bond donors (Lipinski definition) is 0. The smallest absolute Gasteiger partial charge is 0.0541 e. The Kier molecular flexibility index (Phi) is 15.9. The Morgan fingerprint density at radius 3 is 0.960 bits per heavy atom. The van der Waals surface area contributed by atoms with Crippen molar-refractivity contribution in [1.29, 1.82) is 0 Å². The summed E-state index contributed by atoms with van der Waals surface area (Å²) in [6, 6.07) is 84.9. The van der Waals surface area contributed by atoms with E-state index in [0.29, 0.717) is 18.1 Å². The van der Waals surface area contributed by atoms with Crippen LogP contribution in [0, 0.1) is 18.2 Å². The van der Waals surface area contributed by atoms with E-state index in [9.17, 15) is 0 Å². The second-order valence-corrected chi connectivity index (χ2v) is 20.0. The van der Waals surface area contributed by atoms with Crippen molar-refractivity contribution >= 4 is 43.6 Å². The maximum atomic E-state index is 4.76. The molecule has 6 heteroatoms. The first-order valence-electron chi connectivity index (χ1n) is 26.9. The number of para-hydroxylation sites is 4. The predicted molar refractivity (Wildman–Crippen MR) is 310 cm³/mol. The molecule has 11 aromatic rings. The zero-order valence-corrected chi connectivity index (χ0v) is 44.8. The van der Waals surface area contributed by atoms with E-state index in [1.807, 2.05) is 12.1 Å². The first-order chi connectivity index (χ1) is 36.7. The van der Waals surface area contributed by atoms with Gasteiger partial charge in [-0.3, -0.25) is 0 Å². The van der Waals surface area contributed by atoms with Crippen molar-refractivity contribution in [3.05, 3.63) is 257 Å². The minimum Gasteiger partial charge on any atom is -0.657 e. The second kappa shape index (κ2) is 23.8. The minimum absolute atomic E-state index is 0. The third-order valence-corrected chi connectivity index (χ3v) is 15.3. The van der Waals surface area contributed by atoms with Gasteiger partial charge in [-0.2, -0.15) is 95.6 Å². The summed E-state index contributed by atoms with van der Waals surface area (Å²) in [5.41, 5.74) is 15.9. The van der Waals surface area contributed by atoms with Gasteiger partial charge < -0.3 is 25.1 Å². The van der Waals surface area contributed by atoms with Crippen LogP contribution in [-0.2, 0) is 20.1 Å². The Morgan fingerprint density at radius 1 is 0.320 bits per heavy atom. The zero-order chi connectivity index (χ0) is 49.5. The van der Waals surface area contributed by atoms with Crippen LogP contribution in [0.1, 0.15) is 92.6 Å². The van der Waals surface area contributed by atoms with Crippen molar-refractivity contribution in [2.24, 2.45) is 0 Å². The van der Waals surface area contributed by atoms with Crippen molar-refractivity contribution < 1.29 is 20.1 Å². The van der Waals surface area contributed by atoms with E-state index in [4.69, 9.17) is 10.6 Å². The quantitative estimate of drug-likeness (QED) is 0.143. The summed E-state index contributed by atoms with van der Waals surface area (Å²) in [6.07, 6.45) is 11.1. The topological polar surface area (TPSA) is 52.2 Å². The second-order valence-electron chi connectivity index (χ2n) is 20.0. The van der Waals surface area contributed by atoms with E-state index < -0.39 is 0 Å². The number of piperidine rings is 3. The number of hydrogen-bond acceptors (Lipinski definition) is 0. The van der Waals surface area contributed by atoms with Crippen LogP contribution < -0.4 is 0 Å². The molecule has 3 aliphatic heterocycles. The minimum atomic E-state index is 0. The largest absolute Gasteiger partial charge is 0.657 e. The fourth-order valence-electron chi connectivity index (χ4n) is 11.4. The third kappa shape index (κ3) is 11.0. The summed E-state index contributed by atoms with van der Waals surface area (Å²) in [7, 11) is 0. The van der Waals surface area contributed by atoms with Crippen LogP contribution in [0.3, 0.4) is 0 Å². The standard InChI is InChI=1S/2C29H24N2.C11H13N.Ir/c2*1-3-10-28-25(7-1)26-8-2-4-11-29(26)31(28)24-18-16-22(17-19-24)21-12-14-23(15-13-21)27-9-5-6-20-30-27;1-2-6-10(7-3-1)11-8-4-5-9-12-11;/h2*1-4,7-8,10-14,16-19,27H,5-6,9,20H2;1-3,6,11H,4-5,8-9H2;/q3*-2;. The van der Waals surface area contributed by atoms with Crippen molar-refractivity contribution in [3.63, 3.8) is 0 Å². The van der Waals surface area contributed by atoms with Crippen molar-refractivity contribution in [2.75, 3.05) is 19.6 Å². The van der Waals surface area contributed by atoms with Gasteiger partial charge in [0.1, 0.15) is 0 Å².